The predicted molar refractivity (Wildman–Crippen MR) is 76.4 cm³/mol. The molecule has 2 aliphatic rings. The van der Waals surface area contributed by atoms with E-state index < -0.39 is 0 Å². The van der Waals surface area contributed by atoms with Crippen LogP contribution in [0.4, 0.5) is 0 Å². The third-order valence-electron chi connectivity index (χ3n) is 4.56. The molecule has 0 aromatic carbocycles. The number of pyridine rings is 1. The Kier molecular flexibility index (Phi) is 2.99. The van der Waals surface area contributed by atoms with Crippen LogP contribution in [0.5, 0.6) is 0 Å². The molecule has 19 heavy (non-hydrogen) atoms. The van der Waals surface area contributed by atoms with Crippen LogP contribution in [0.15, 0.2) is 18.3 Å². The van der Waals surface area contributed by atoms with Gasteiger partial charge in [-0.1, -0.05) is 6.07 Å². The molecule has 3 nitrogen and oxygen atoms in total. The normalized spacial score (nSPS) is 24.7. The van der Waals surface area contributed by atoms with Crippen molar-refractivity contribution >= 4 is 12.7 Å². The first kappa shape index (κ1) is 13.1. The molecule has 0 radical (unpaired) electrons. The molecule has 2 heterocycles. The van der Waals surface area contributed by atoms with E-state index in [2.05, 4.69) is 38.7 Å². The Balaban J connectivity index is 1.72. The van der Waals surface area contributed by atoms with E-state index in [1.54, 1.807) is 0 Å². The van der Waals surface area contributed by atoms with Gasteiger partial charge in [-0.25, -0.2) is 0 Å². The van der Waals surface area contributed by atoms with Gasteiger partial charge >= 0.3 is 7.12 Å². The van der Waals surface area contributed by atoms with Crippen LogP contribution >= 0.6 is 0 Å². The molecular weight excluding hydrogens is 237 g/mol. The average molecular weight is 259 g/mol. The van der Waals surface area contributed by atoms with Gasteiger partial charge in [-0.15, -0.1) is 0 Å². The summed E-state index contributed by atoms with van der Waals surface area (Å²) in [5.41, 5.74) is 1.60. The van der Waals surface area contributed by atoms with Gasteiger partial charge in [0, 0.05) is 6.20 Å². The molecule has 0 unspecified atom stereocenters. The molecule has 0 amide bonds. The topological polar surface area (TPSA) is 31.4 Å². The van der Waals surface area contributed by atoms with Gasteiger partial charge in [0.25, 0.3) is 0 Å². The van der Waals surface area contributed by atoms with E-state index in [4.69, 9.17) is 9.31 Å². The second-order valence-corrected chi connectivity index (χ2v) is 6.83. The highest BCUT2D eigenvalue weighted by atomic mass is 16.7. The molecule has 1 aliphatic heterocycles. The van der Waals surface area contributed by atoms with Crippen molar-refractivity contribution < 1.29 is 9.31 Å². The highest BCUT2D eigenvalue weighted by molar-refractivity contribution is 6.61. The van der Waals surface area contributed by atoms with Crippen LogP contribution in [0.25, 0.3) is 0 Å². The average Bonchev–Trinajstić information content (AvgIpc) is 3.08. The molecule has 102 valence electrons. The molecular formula is C15H22BNO2. The summed E-state index contributed by atoms with van der Waals surface area (Å²) >= 11 is 0. The van der Waals surface area contributed by atoms with Gasteiger partial charge in [0.05, 0.1) is 16.8 Å². The van der Waals surface area contributed by atoms with Crippen LogP contribution < -0.4 is 5.59 Å². The molecule has 0 spiro atoms. The Labute approximate surface area is 115 Å². The van der Waals surface area contributed by atoms with E-state index in [1.807, 2.05) is 12.3 Å². The lowest BCUT2D eigenvalue weighted by Gasteiger charge is -2.32. The third kappa shape index (κ3) is 2.56. The molecule has 1 saturated carbocycles. The molecule has 1 saturated heterocycles. The molecule has 1 aromatic heterocycles. The van der Waals surface area contributed by atoms with E-state index in [1.165, 1.54) is 18.4 Å². The minimum absolute atomic E-state index is 0.300. The fraction of sp³-hybridized carbons (Fsp3) is 0.667. The lowest BCUT2D eigenvalue weighted by Crippen LogP contribution is -2.41. The first-order valence-corrected chi connectivity index (χ1v) is 7.18. The second kappa shape index (κ2) is 4.32. The van der Waals surface area contributed by atoms with Crippen molar-refractivity contribution in [2.45, 2.75) is 58.2 Å². The highest BCUT2D eigenvalue weighted by Crippen LogP contribution is 2.36. The van der Waals surface area contributed by atoms with Crippen molar-refractivity contribution in [1.82, 2.24) is 4.98 Å². The molecule has 0 bridgehead atoms. The maximum Gasteiger partial charge on any atom is 0.514 e. The fourth-order valence-corrected chi connectivity index (χ4v) is 2.32. The van der Waals surface area contributed by atoms with Crippen LogP contribution in [-0.2, 0) is 15.7 Å². The van der Waals surface area contributed by atoms with Crippen LogP contribution in [0, 0.1) is 5.92 Å². The molecule has 2 fully saturated rings. The van der Waals surface area contributed by atoms with Gasteiger partial charge in [-0.05, 0) is 64.5 Å². The quantitative estimate of drug-likeness (QED) is 0.781. The van der Waals surface area contributed by atoms with Crippen molar-refractivity contribution in [2.24, 2.45) is 5.92 Å². The Bertz CT molecular complexity index is 450. The van der Waals surface area contributed by atoms with E-state index in [9.17, 15) is 0 Å². The zero-order valence-corrected chi connectivity index (χ0v) is 12.3. The number of rotatable bonds is 3. The molecule has 4 heteroatoms. The van der Waals surface area contributed by atoms with Gasteiger partial charge < -0.3 is 9.31 Å². The van der Waals surface area contributed by atoms with Crippen LogP contribution in [0.3, 0.4) is 0 Å². The molecule has 0 N–H and O–H groups in total. The van der Waals surface area contributed by atoms with Gasteiger partial charge in [-0.3, -0.25) is 4.98 Å². The number of aromatic nitrogens is 1. The molecule has 0 atom stereocenters. The minimum atomic E-state index is -0.347. The zero-order valence-electron chi connectivity index (χ0n) is 12.3. The Morgan fingerprint density at radius 3 is 2.26 bits per heavy atom. The summed E-state index contributed by atoms with van der Waals surface area (Å²) in [4.78, 5) is 4.52. The number of hydrogen-bond acceptors (Lipinski definition) is 3. The SMILES string of the molecule is CC1(C)OB(c2ccc(CC3CC3)cn2)OC1(C)C. The smallest absolute Gasteiger partial charge is 0.398 e. The zero-order chi connectivity index (χ0) is 13.7. The molecule has 1 aliphatic carbocycles. The molecule has 1 aromatic rings. The van der Waals surface area contributed by atoms with Crippen molar-refractivity contribution in [3.05, 3.63) is 23.9 Å². The maximum absolute atomic E-state index is 6.00. The van der Waals surface area contributed by atoms with Crippen LogP contribution in [0.1, 0.15) is 46.1 Å². The van der Waals surface area contributed by atoms with Crippen molar-refractivity contribution in [3.63, 3.8) is 0 Å². The maximum atomic E-state index is 6.00. The van der Waals surface area contributed by atoms with Gasteiger partial charge in [0.2, 0.25) is 0 Å². The summed E-state index contributed by atoms with van der Waals surface area (Å²) in [7, 11) is -0.347. The monoisotopic (exact) mass is 259 g/mol. The summed E-state index contributed by atoms with van der Waals surface area (Å²) < 4.78 is 12.0. The summed E-state index contributed by atoms with van der Waals surface area (Å²) in [6.45, 7) is 8.26. The van der Waals surface area contributed by atoms with E-state index >= 15 is 0 Å². The van der Waals surface area contributed by atoms with Gasteiger partial charge in [0.1, 0.15) is 0 Å². The minimum Gasteiger partial charge on any atom is -0.398 e. The highest BCUT2D eigenvalue weighted by Gasteiger charge is 2.52. The largest absolute Gasteiger partial charge is 0.514 e. The van der Waals surface area contributed by atoms with Gasteiger partial charge in [-0.2, -0.15) is 0 Å². The van der Waals surface area contributed by atoms with Crippen molar-refractivity contribution in [3.8, 4) is 0 Å². The number of hydrogen-bond donors (Lipinski definition) is 0. The Morgan fingerprint density at radius 1 is 1.16 bits per heavy atom. The third-order valence-corrected chi connectivity index (χ3v) is 4.56. The van der Waals surface area contributed by atoms with Crippen molar-refractivity contribution in [1.29, 1.82) is 0 Å². The Hall–Kier alpha value is -0.865. The first-order chi connectivity index (χ1) is 8.87. The van der Waals surface area contributed by atoms with E-state index in [-0.39, 0.29) is 18.3 Å². The summed E-state index contributed by atoms with van der Waals surface area (Å²) in [5.74, 6) is 0.893. The summed E-state index contributed by atoms with van der Waals surface area (Å²) in [6.07, 6.45) is 5.88. The van der Waals surface area contributed by atoms with E-state index in [0.29, 0.717) is 0 Å². The van der Waals surface area contributed by atoms with Gasteiger partial charge in [0.15, 0.2) is 0 Å². The standard InChI is InChI=1S/C15H22BNO2/c1-14(2)15(3,4)19-16(18-14)13-8-7-12(10-17-13)9-11-5-6-11/h7-8,10-11H,5-6,9H2,1-4H3. The lowest BCUT2D eigenvalue weighted by atomic mass is 9.84. The van der Waals surface area contributed by atoms with E-state index in [0.717, 1.165) is 17.9 Å². The second-order valence-electron chi connectivity index (χ2n) is 6.83. The summed E-state index contributed by atoms with van der Waals surface area (Å²) in [5, 5.41) is 0. The van der Waals surface area contributed by atoms with Crippen molar-refractivity contribution in [2.75, 3.05) is 0 Å². The Morgan fingerprint density at radius 2 is 1.79 bits per heavy atom. The fourth-order valence-electron chi connectivity index (χ4n) is 2.32. The van der Waals surface area contributed by atoms with Crippen LogP contribution in [-0.4, -0.2) is 23.3 Å². The van der Waals surface area contributed by atoms with Crippen LogP contribution in [0.2, 0.25) is 0 Å². The summed E-state index contributed by atoms with van der Waals surface area (Å²) in [6, 6.07) is 4.20. The molecule has 3 rings (SSSR count). The lowest BCUT2D eigenvalue weighted by molar-refractivity contribution is 0.00578. The number of nitrogens with zero attached hydrogens (tertiary/aromatic N) is 1. The predicted octanol–water partition coefficient (Wildman–Crippen LogP) is 2.33. The first-order valence-electron chi connectivity index (χ1n) is 7.18.